The lowest BCUT2D eigenvalue weighted by Gasteiger charge is -2.08. The number of para-hydroxylation sites is 1. The van der Waals surface area contributed by atoms with Gasteiger partial charge in [0, 0.05) is 28.6 Å². The van der Waals surface area contributed by atoms with Crippen molar-refractivity contribution in [3.8, 4) is 11.5 Å². The zero-order valence-corrected chi connectivity index (χ0v) is 14.5. The average molecular weight is 347 g/mol. The Bertz CT molecular complexity index is 1120. The summed E-state index contributed by atoms with van der Waals surface area (Å²) in [4.78, 5) is 28.0. The summed E-state index contributed by atoms with van der Waals surface area (Å²) in [7, 11) is 3.10. The molecule has 1 heterocycles. The molecule has 5 nitrogen and oxygen atoms in total. The first-order valence-electron chi connectivity index (χ1n) is 8.23. The number of H-pyrrole nitrogens is 1. The number of benzene rings is 2. The summed E-state index contributed by atoms with van der Waals surface area (Å²) in [5.74, 6) is 1.02. The smallest absolute Gasteiger partial charge is 0.255 e. The summed E-state index contributed by atoms with van der Waals surface area (Å²) in [6, 6.07) is 12.9. The summed E-state index contributed by atoms with van der Waals surface area (Å²) in [6.07, 6.45) is 2.13. The topological polar surface area (TPSA) is 68.4 Å². The first-order valence-corrected chi connectivity index (χ1v) is 8.23. The Morgan fingerprint density at radius 3 is 2.50 bits per heavy atom. The number of hydrogen-bond acceptors (Lipinski definition) is 4. The quantitative estimate of drug-likeness (QED) is 0.738. The molecule has 2 aromatic carbocycles. The van der Waals surface area contributed by atoms with Gasteiger partial charge >= 0.3 is 0 Å². The number of nitrogens with one attached hydrogen (secondary N) is 1. The molecule has 0 bridgehead atoms. The second kappa shape index (κ2) is 6.19. The minimum atomic E-state index is -0.213. The number of fused-ring (bicyclic) bond motifs is 2. The molecule has 0 saturated carbocycles. The zero-order valence-electron chi connectivity index (χ0n) is 14.5. The molecule has 130 valence electrons. The standard InChI is InChI=1S/C21H17NO4/c1-25-18-10-13-8-14(20(23)16(13)11-19(18)26-2)9-15-7-12-5-3-4-6-17(12)22-21(15)24/h3-7,9-11H,8H2,1-2H3,(H,22,24). The van der Waals surface area contributed by atoms with E-state index in [4.69, 9.17) is 9.47 Å². The fourth-order valence-corrected chi connectivity index (χ4v) is 3.31. The van der Waals surface area contributed by atoms with Crippen LogP contribution in [0.5, 0.6) is 11.5 Å². The van der Waals surface area contributed by atoms with E-state index in [-0.39, 0.29) is 11.3 Å². The predicted molar refractivity (Wildman–Crippen MR) is 100 cm³/mol. The molecule has 0 amide bonds. The summed E-state index contributed by atoms with van der Waals surface area (Å²) >= 11 is 0. The van der Waals surface area contributed by atoms with Gasteiger partial charge in [-0.25, -0.2) is 0 Å². The highest BCUT2D eigenvalue weighted by Crippen LogP contribution is 2.36. The molecular weight excluding hydrogens is 330 g/mol. The number of aromatic nitrogens is 1. The fourth-order valence-electron chi connectivity index (χ4n) is 3.31. The Morgan fingerprint density at radius 1 is 1.00 bits per heavy atom. The molecule has 4 rings (SSSR count). The van der Waals surface area contributed by atoms with Crippen LogP contribution < -0.4 is 15.0 Å². The third kappa shape index (κ3) is 2.58. The van der Waals surface area contributed by atoms with Gasteiger partial charge in [0.15, 0.2) is 17.3 Å². The van der Waals surface area contributed by atoms with Crippen molar-refractivity contribution in [1.82, 2.24) is 4.98 Å². The van der Waals surface area contributed by atoms with Crippen molar-refractivity contribution in [3.05, 3.63) is 75.1 Å². The molecule has 26 heavy (non-hydrogen) atoms. The Hall–Kier alpha value is -3.34. The van der Waals surface area contributed by atoms with Crippen LogP contribution in [0.2, 0.25) is 0 Å². The van der Waals surface area contributed by atoms with Crippen LogP contribution in [0.3, 0.4) is 0 Å². The maximum absolute atomic E-state index is 12.8. The lowest BCUT2D eigenvalue weighted by atomic mass is 10.1. The molecule has 0 radical (unpaired) electrons. The molecule has 0 fully saturated rings. The molecule has 0 saturated heterocycles. The number of rotatable bonds is 3. The van der Waals surface area contributed by atoms with Crippen molar-refractivity contribution in [2.75, 3.05) is 14.2 Å². The van der Waals surface area contributed by atoms with Gasteiger partial charge in [0.2, 0.25) is 0 Å². The van der Waals surface area contributed by atoms with Crippen LogP contribution in [0.4, 0.5) is 0 Å². The van der Waals surface area contributed by atoms with Crippen LogP contribution in [0.15, 0.2) is 52.8 Å². The van der Waals surface area contributed by atoms with E-state index < -0.39 is 0 Å². The van der Waals surface area contributed by atoms with Gasteiger partial charge in [-0.3, -0.25) is 9.59 Å². The van der Waals surface area contributed by atoms with Crippen molar-refractivity contribution in [2.24, 2.45) is 0 Å². The van der Waals surface area contributed by atoms with Crippen LogP contribution in [-0.2, 0) is 6.42 Å². The second-order valence-electron chi connectivity index (χ2n) is 6.18. The lowest BCUT2D eigenvalue weighted by Crippen LogP contribution is -2.09. The van der Waals surface area contributed by atoms with Crippen LogP contribution in [0.1, 0.15) is 21.5 Å². The second-order valence-corrected chi connectivity index (χ2v) is 6.18. The number of aromatic amines is 1. The van der Waals surface area contributed by atoms with E-state index in [2.05, 4.69) is 4.98 Å². The number of ether oxygens (including phenoxy) is 2. The Balaban J connectivity index is 1.79. The summed E-state index contributed by atoms with van der Waals surface area (Å²) in [5.41, 5.74) is 3.07. The molecule has 5 heteroatoms. The van der Waals surface area contributed by atoms with Crippen molar-refractivity contribution in [2.45, 2.75) is 6.42 Å². The Labute approximate surface area is 149 Å². The van der Waals surface area contributed by atoms with E-state index in [0.717, 1.165) is 16.5 Å². The van der Waals surface area contributed by atoms with E-state index in [0.29, 0.717) is 34.6 Å². The summed E-state index contributed by atoms with van der Waals surface area (Å²) < 4.78 is 10.6. The molecule has 0 spiro atoms. The van der Waals surface area contributed by atoms with Crippen molar-refractivity contribution >= 4 is 22.8 Å². The van der Waals surface area contributed by atoms with Gasteiger partial charge in [0.25, 0.3) is 5.56 Å². The van der Waals surface area contributed by atoms with Gasteiger partial charge in [-0.05, 0) is 41.3 Å². The SMILES string of the molecule is COc1cc2c(cc1OC)C(=O)C(=Cc1cc3ccccc3[nH]c1=O)C2. The van der Waals surface area contributed by atoms with Gasteiger partial charge in [-0.1, -0.05) is 18.2 Å². The van der Waals surface area contributed by atoms with E-state index in [9.17, 15) is 9.59 Å². The van der Waals surface area contributed by atoms with Gasteiger partial charge in [0.1, 0.15) is 0 Å². The summed E-state index contributed by atoms with van der Waals surface area (Å²) in [5, 5.41) is 0.922. The lowest BCUT2D eigenvalue weighted by molar-refractivity contribution is 0.104. The third-order valence-corrected chi connectivity index (χ3v) is 4.64. The number of allylic oxidation sites excluding steroid dienone is 1. The van der Waals surface area contributed by atoms with Crippen molar-refractivity contribution in [3.63, 3.8) is 0 Å². The minimum absolute atomic E-state index is 0.0893. The maximum Gasteiger partial charge on any atom is 0.255 e. The molecular formula is C21H17NO4. The van der Waals surface area contributed by atoms with Gasteiger partial charge in [-0.15, -0.1) is 0 Å². The van der Waals surface area contributed by atoms with Gasteiger partial charge in [-0.2, -0.15) is 0 Å². The molecule has 0 unspecified atom stereocenters. The number of carbonyl (C=O) groups is 1. The average Bonchev–Trinajstić information content (AvgIpc) is 2.96. The predicted octanol–water partition coefficient (Wildman–Crippen LogP) is 3.37. The van der Waals surface area contributed by atoms with Crippen molar-refractivity contribution < 1.29 is 14.3 Å². The van der Waals surface area contributed by atoms with E-state index >= 15 is 0 Å². The molecule has 0 atom stereocenters. The van der Waals surface area contributed by atoms with Crippen LogP contribution >= 0.6 is 0 Å². The van der Waals surface area contributed by atoms with E-state index in [1.807, 2.05) is 30.3 Å². The summed E-state index contributed by atoms with van der Waals surface area (Å²) in [6.45, 7) is 0. The fraction of sp³-hybridized carbons (Fsp3) is 0.143. The first-order chi connectivity index (χ1) is 12.6. The highest BCUT2D eigenvalue weighted by molar-refractivity contribution is 6.16. The molecule has 1 aromatic heterocycles. The number of Topliss-reactive ketones (excluding diaryl/α,β-unsaturated/α-hetero) is 1. The largest absolute Gasteiger partial charge is 0.493 e. The van der Waals surface area contributed by atoms with Gasteiger partial charge in [0.05, 0.1) is 14.2 Å². The molecule has 1 N–H and O–H groups in total. The van der Waals surface area contributed by atoms with Crippen LogP contribution in [-0.4, -0.2) is 25.0 Å². The number of ketones is 1. The monoisotopic (exact) mass is 347 g/mol. The highest BCUT2D eigenvalue weighted by atomic mass is 16.5. The molecule has 3 aromatic rings. The van der Waals surface area contributed by atoms with E-state index in [1.165, 1.54) is 7.11 Å². The van der Waals surface area contributed by atoms with Crippen molar-refractivity contribution in [1.29, 1.82) is 0 Å². The number of hydrogen-bond donors (Lipinski definition) is 1. The minimum Gasteiger partial charge on any atom is -0.493 e. The number of carbonyl (C=O) groups excluding carboxylic acids is 1. The van der Waals surface area contributed by atoms with E-state index in [1.54, 1.807) is 25.3 Å². The zero-order chi connectivity index (χ0) is 18.3. The molecule has 1 aliphatic rings. The van der Waals surface area contributed by atoms with Crippen LogP contribution in [0.25, 0.3) is 17.0 Å². The Kier molecular flexibility index (Phi) is 3.84. The highest BCUT2D eigenvalue weighted by Gasteiger charge is 2.27. The van der Waals surface area contributed by atoms with Gasteiger partial charge < -0.3 is 14.5 Å². The number of methoxy groups -OCH3 is 2. The van der Waals surface area contributed by atoms with Crippen LogP contribution in [0, 0.1) is 0 Å². The maximum atomic E-state index is 12.8. The molecule has 0 aliphatic heterocycles. The third-order valence-electron chi connectivity index (χ3n) is 4.64. The first kappa shape index (κ1) is 16.1. The number of pyridine rings is 1. The Morgan fingerprint density at radius 2 is 1.73 bits per heavy atom. The normalized spacial score (nSPS) is 14.7. The molecule has 1 aliphatic carbocycles.